The number of nitrogens with zero attached hydrogens (tertiary/aromatic N) is 1. The normalized spacial score (nSPS) is 34.4. The van der Waals surface area contributed by atoms with Crippen molar-refractivity contribution in [3.05, 3.63) is 58.1 Å². The highest BCUT2D eigenvalue weighted by atomic mass is 79.9. The first-order chi connectivity index (χ1) is 12.9. The molecular formula is C23H24BrNO2. The van der Waals surface area contributed by atoms with Gasteiger partial charge in [0.2, 0.25) is 0 Å². The molecule has 4 aliphatic rings. The fourth-order valence-corrected chi connectivity index (χ4v) is 6.60. The summed E-state index contributed by atoms with van der Waals surface area (Å²) in [5.74, 6) is 1.60. The molecule has 2 aromatic rings. The Morgan fingerprint density at radius 3 is 2.37 bits per heavy atom. The molecule has 2 aromatic carbocycles. The van der Waals surface area contributed by atoms with Crippen molar-refractivity contribution < 1.29 is 10.2 Å². The summed E-state index contributed by atoms with van der Waals surface area (Å²) in [5.41, 5.74) is 2.65. The largest absolute Gasteiger partial charge is 0.507 e. The van der Waals surface area contributed by atoms with Crippen molar-refractivity contribution in [1.29, 1.82) is 0 Å². The van der Waals surface area contributed by atoms with Gasteiger partial charge < -0.3 is 10.2 Å². The van der Waals surface area contributed by atoms with E-state index in [1.165, 1.54) is 24.8 Å². The Hall–Kier alpha value is -1.65. The van der Waals surface area contributed by atoms with Crippen LogP contribution in [0.3, 0.4) is 0 Å². The first-order valence-electron chi connectivity index (χ1n) is 9.79. The van der Waals surface area contributed by atoms with Crippen molar-refractivity contribution in [2.24, 2.45) is 16.8 Å². The van der Waals surface area contributed by atoms with Gasteiger partial charge >= 0.3 is 0 Å². The van der Waals surface area contributed by atoms with Gasteiger partial charge in [-0.1, -0.05) is 28.1 Å². The van der Waals surface area contributed by atoms with Gasteiger partial charge in [-0.15, -0.1) is 0 Å². The zero-order valence-corrected chi connectivity index (χ0v) is 16.8. The molecule has 2 N–H and O–H groups in total. The third kappa shape index (κ3) is 3.13. The van der Waals surface area contributed by atoms with Crippen LogP contribution in [0.5, 0.6) is 5.75 Å². The minimum atomic E-state index is -0.431. The topological polar surface area (TPSA) is 52.8 Å². The molecule has 4 heteroatoms. The van der Waals surface area contributed by atoms with Gasteiger partial charge in [-0.3, -0.25) is 4.99 Å². The maximum absolute atomic E-state index is 11.0. The van der Waals surface area contributed by atoms with Crippen molar-refractivity contribution in [3.8, 4) is 5.75 Å². The molecule has 0 heterocycles. The molecule has 4 atom stereocenters. The second-order valence-corrected chi connectivity index (χ2v) is 9.89. The number of halogens is 1. The lowest BCUT2D eigenvalue weighted by Crippen LogP contribution is -2.57. The van der Waals surface area contributed by atoms with E-state index in [1.807, 2.05) is 6.07 Å². The van der Waals surface area contributed by atoms with E-state index in [9.17, 15) is 10.2 Å². The minimum absolute atomic E-state index is 0.156. The summed E-state index contributed by atoms with van der Waals surface area (Å²) in [4.78, 5) is 4.52. The third-order valence-electron chi connectivity index (χ3n) is 6.85. The van der Waals surface area contributed by atoms with E-state index in [4.69, 9.17) is 0 Å². The molecule has 2 unspecified atom stereocenters. The number of hydrogen-bond acceptors (Lipinski definition) is 3. The predicted octanol–water partition coefficient (Wildman–Crippen LogP) is 5.49. The van der Waals surface area contributed by atoms with Crippen LogP contribution in [0.2, 0.25) is 0 Å². The molecule has 4 bridgehead atoms. The molecule has 4 fully saturated rings. The van der Waals surface area contributed by atoms with Crippen LogP contribution in [-0.4, -0.2) is 22.0 Å². The quantitative estimate of drug-likeness (QED) is 0.638. The molecule has 140 valence electrons. The number of aliphatic hydroxyl groups is 1. The average Bonchev–Trinajstić information content (AvgIpc) is 2.61. The van der Waals surface area contributed by atoms with Crippen molar-refractivity contribution >= 4 is 27.8 Å². The van der Waals surface area contributed by atoms with E-state index >= 15 is 0 Å². The van der Waals surface area contributed by atoms with Gasteiger partial charge in [0.05, 0.1) is 11.3 Å². The highest BCUT2D eigenvalue weighted by molar-refractivity contribution is 9.10. The lowest BCUT2D eigenvalue weighted by molar-refractivity contribution is -0.136. The third-order valence-corrected chi connectivity index (χ3v) is 7.35. The van der Waals surface area contributed by atoms with E-state index in [2.05, 4.69) is 45.2 Å². The van der Waals surface area contributed by atoms with Crippen molar-refractivity contribution in [3.63, 3.8) is 0 Å². The number of aliphatic imine (C=N–C) groups is 1. The fourth-order valence-electron chi connectivity index (χ4n) is 6.23. The van der Waals surface area contributed by atoms with Gasteiger partial charge in [-0.2, -0.15) is 0 Å². The predicted molar refractivity (Wildman–Crippen MR) is 111 cm³/mol. The number of phenols is 1. The van der Waals surface area contributed by atoms with E-state index in [0.717, 1.165) is 29.4 Å². The Bertz CT molecular complexity index is 891. The van der Waals surface area contributed by atoms with Crippen LogP contribution in [-0.2, 0) is 5.41 Å². The number of phenolic OH excluding ortho intramolecular Hbond substituents is 1. The first kappa shape index (κ1) is 17.4. The molecule has 27 heavy (non-hydrogen) atoms. The zero-order valence-electron chi connectivity index (χ0n) is 15.2. The zero-order chi connectivity index (χ0) is 18.6. The molecule has 6 rings (SSSR count). The van der Waals surface area contributed by atoms with Crippen LogP contribution in [0.25, 0.3) is 0 Å². The molecule has 3 nitrogen and oxygen atoms in total. The van der Waals surface area contributed by atoms with Gasteiger partial charge in [0.25, 0.3) is 0 Å². The molecule has 0 aliphatic heterocycles. The average molecular weight is 426 g/mol. The van der Waals surface area contributed by atoms with Crippen LogP contribution in [0.1, 0.15) is 49.7 Å². The summed E-state index contributed by atoms with van der Waals surface area (Å²) in [6.45, 7) is 0. The lowest BCUT2D eigenvalue weighted by atomic mass is 9.46. The number of rotatable bonds is 3. The Kier molecular flexibility index (Phi) is 3.99. The Balaban J connectivity index is 1.39. The highest BCUT2D eigenvalue weighted by Gasteiger charge is 2.57. The van der Waals surface area contributed by atoms with Crippen LogP contribution in [0.4, 0.5) is 5.69 Å². The van der Waals surface area contributed by atoms with Crippen molar-refractivity contribution in [2.75, 3.05) is 0 Å². The summed E-state index contributed by atoms with van der Waals surface area (Å²) in [6.07, 6.45) is 8.38. The second kappa shape index (κ2) is 6.18. The van der Waals surface area contributed by atoms with Gasteiger partial charge in [-0.05, 0) is 91.7 Å². The van der Waals surface area contributed by atoms with E-state index in [0.29, 0.717) is 17.4 Å². The van der Waals surface area contributed by atoms with Crippen molar-refractivity contribution in [2.45, 2.75) is 49.5 Å². The molecule has 0 spiro atoms. The molecule has 4 aliphatic carbocycles. The smallest absolute Gasteiger partial charge is 0.124 e. The van der Waals surface area contributed by atoms with Gasteiger partial charge in [0.15, 0.2) is 0 Å². The minimum Gasteiger partial charge on any atom is -0.507 e. The summed E-state index contributed by atoms with van der Waals surface area (Å²) in [5, 5.41) is 20.9. The molecule has 0 aromatic heterocycles. The van der Waals surface area contributed by atoms with Crippen LogP contribution < -0.4 is 0 Å². The monoisotopic (exact) mass is 425 g/mol. The van der Waals surface area contributed by atoms with E-state index in [1.54, 1.807) is 18.3 Å². The standard InChI is InChI=1S/C23H24BrNO2/c24-19-3-6-21(26)17(8-19)13-25-20-4-1-18(2-5-20)22-9-15-7-16(10-22)12-23(27,11-15)14-22/h1-6,8,13,15-16,26-27H,7,9-12,14H2/t15-,16+,22?,23?. The maximum Gasteiger partial charge on any atom is 0.124 e. The van der Waals surface area contributed by atoms with Crippen molar-refractivity contribution in [1.82, 2.24) is 0 Å². The number of aromatic hydroxyl groups is 1. The highest BCUT2D eigenvalue weighted by Crippen LogP contribution is 2.62. The summed E-state index contributed by atoms with van der Waals surface area (Å²) in [6, 6.07) is 13.8. The second-order valence-electron chi connectivity index (χ2n) is 8.97. The number of hydrogen-bond donors (Lipinski definition) is 2. The van der Waals surface area contributed by atoms with Gasteiger partial charge in [0.1, 0.15) is 5.75 Å². The van der Waals surface area contributed by atoms with E-state index in [-0.39, 0.29) is 11.2 Å². The lowest BCUT2D eigenvalue weighted by Gasteiger charge is -2.60. The van der Waals surface area contributed by atoms with Crippen LogP contribution in [0, 0.1) is 11.8 Å². The number of benzene rings is 2. The summed E-state index contributed by atoms with van der Waals surface area (Å²) in [7, 11) is 0. The summed E-state index contributed by atoms with van der Waals surface area (Å²) < 4.78 is 0.914. The molecular weight excluding hydrogens is 402 g/mol. The maximum atomic E-state index is 11.0. The molecule has 0 radical (unpaired) electrons. The molecule has 4 saturated carbocycles. The fraction of sp³-hybridized carbons (Fsp3) is 0.435. The Morgan fingerprint density at radius 1 is 1.00 bits per heavy atom. The first-order valence-corrected chi connectivity index (χ1v) is 10.6. The SMILES string of the molecule is Oc1ccc(Br)cc1C=Nc1ccc(C23C[C@@H]4C[C@@H](CC(O)(C4)C2)C3)cc1. The molecule has 0 saturated heterocycles. The molecule has 0 amide bonds. The van der Waals surface area contributed by atoms with Crippen LogP contribution >= 0.6 is 15.9 Å². The van der Waals surface area contributed by atoms with Crippen LogP contribution in [0.15, 0.2) is 51.9 Å². The van der Waals surface area contributed by atoms with E-state index < -0.39 is 5.60 Å². The summed E-state index contributed by atoms with van der Waals surface area (Å²) >= 11 is 3.42. The van der Waals surface area contributed by atoms with Gasteiger partial charge in [-0.25, -0.2) is 0 Å². The Morgan fingerprint density at radius 2 is 1.70 bits per heavy atom. The Labute approximate surface area is 168 Å². The van der Waals surface area contributed by atoms with Gasteiger partial charge in [0, 0.05) is 16.3 Å².